The molecule has 2 atom stereocenters. The van der Waals surface area contributed by atoms with Crippen molar-refractivity contribution in [3.63, 3.8) is 0 Å². The molecule has 2 aliphatic rings. The lowest BCUT2D eigenvalue weighted by Crippen LogP contribution is -2.25. The number of fused-ring (bicyclic) bond motifs is 6. The SMILES string of the molecule is O=P1(CC[P@@]2(=O)Oc3ccccc3-c3ccccc32)Oc2ccccc2-c2ccccc21. The highest BCUT2D eigenvalue weighted by Gasteiger charge is 2.41. The third-order valence-corrected chi connectivity index (χ3v) is 11.3. The van der Waals surface area contributed by atoms with Crippen LogP contribution in [0, 0.1) is 0 Å². The lowest BCUT2D eigenvalue weighted by Gasteiger charge is -2.32. The molecular formula is C26H20O4P2. The van der Waals surface area contributed by atoms with Gasteiger partial charge >= 0.3 is 0 Å². The molecule has 2 heterocycles. The molecule has 0 fully saturated rings. The Morgan fingerprint density at radius 1 is 0.469 bits per heavy atom. The minimum absolute atomic E-state index is 0.131. The Bertz CT molecular complexity index is 1350. The van der Waals surface area contributed by atoms with Crippen molar-refractivity contribution in [3.8, 4) is 33.8 Å². The Hall–Kier alpha value is -3.06. The van der Waals surface area contributed by atoms with Gasteiger partial charge in [0.05, 0.1) is 10.6 Å². The molecule has 0 saturated carbocycles. The van der Waals surface area contributed by atoms with Gasteiger partial charge in [-0.1, -0.05) is 72.8 Å². The number of benzene rings is 4. The van der Waals surface area contributed by atoms with Gasteiger partial charge in [-0.25, -0.2) is 0 Å². The molecule has 4 nitrogen and oxygen atoms in total. The molecule has 2 aliphatic heterocycles. The van der Waals surface area contributed by atoms with Crippen LogP contribution in [0.4, 0.5) is 0 Å². The first-order valence-electron chi connectivity index (χ1n) is 10.5. The maximum absolute atomic E-state index is 14.2. The van der Waals surface area contributed by atoms with Crippen LogP contribution >= 0.6 is 14.7 Å². The van der Waals surface area contributed by atoms with Crippen LogP contribution in [0.5, 0.6) is 11.5 Å². The van der Waals surface area contributed by atoms with Crippen LogP contribution in [0.25, 0.3) is 22.3 Å². The minimum Gasteiger partial charge on any atom is -0.439 e. The van der Waals surface area contributed by atoms with E-state index in [0.29, 0.717) is 22.1 Å². The van der Waals surface area contributed by atoms with Gasteiger partial charge in [0.1, 0.15) is 11.5 Å². The second kappa shape index (κ2) is 7.24. The van der Waals surface area contributed by atoms with Crippen LogP contribution in [-0.4, -0.2) is 12.3 Å². The zero-order chi connectivity index (χ0) is 21.8. The van der Waals surface area contributed by atoms with Crippen molar-refractivity contribution in [2.24, 2.45) is 0 Å². The first kappa shape index (κ1) is 19.6. The van der Waals surface area contributed by atoms with Crippen molar-refractivity contribution >= 4 is 25.3 Å². The number of para-hydroxylation sites is 2. The first-order valence-corrected chi connectivity index (χ1v) is 14.1. The average Bonchev–Trinajstić information content (AvgIpc) is 2.84. The van der Waals surface area contributed by atoms with E-state index < -0.39 is 14.7 Å². The minimum atomic E-state index is -3.29. The van der Waals surface area contributed by atoms with Gasteiger partial charge in [0, 0.05) is 23.5 Å². The molecule has 6 rings (SSSR count). The van der Waals surface area contributed by atoms with Gasteiger partial charge in [-0.3, -0.25) is 9.13 Å². The second-order valence-corrected chi connectivity index (χ2v) is 12.9. The summed E-state index contributed by atoms with van der Waals surface area (Å²) < 4.78 is 40.6. The predicted octanol–water partition coefficient (Wildman–Crippen LogP) is 6.31. The summed E-state index contributed by atoms with van der Waals surface area (Å²) in [7, 11) is -6.59. The monoisotopic (exact) mass is 458 g/mol. The van der Waals surface area contributed by atoms with E-state index in [1.165, 1.54) is 0 Å². The molecule has 4 aromatic carbocycles. The summed E-state index contributed by atoms with van der Waals surface area (Å²) in [6.45, 7) is 0. The Morgan fingerprint density at radius 3 is 1.25 bits per heavy atom. The fraction of sp³-hybridized carbons (Fsp3) is 0.0769. The van der Waals surface area contributed by atoms with Gasteiger partial charge < -0.3 is 9.05 Å². The van der Waals surface area contributed by atoms with Crippen molar-refractivity contribution in [2.75, 3.05) is 12.3 Å². The predicted molar refractivity (Wildman–Crippen MR) is 129 cm³/mol. The number of rotatable bonds is 3. The molecule has 0 amide bonds. The van der Waals surface area contributed by atoms with Crippen molar-refractivity contribution in [1.82, 2.24) is 0 Å². The zero-order valence-electron chi connectivity index (χ0n) is 17.2. The summed E-state index contributed by atoms with van der Waals surface area (Å²) in [5.74, 6) is 1.20. The van der Waals surface area contributed by atoms with Crippen LogP contribution < -0.4 is 19.7 Å². The summed E-state index contributed by atoms with van der Waals surface area (Å²) in [6.07, 6.45) is 0.262. The average molecular weight is 458 g/mol. The molecule has 0 saturated heterocycles. The van der Waals surface area contributed by atoms with Crippen LogP contribution in [0.1, 0.15) is 0 Å². The van der Waals surface area contributed by atoms with Gasteiger partial charge in [0.25, 0.3) is 14.7 Å². The van der Waals surface area contributed by atoms with Crippen LogP contribution in [0.15, 0.2) is 97.1 Å². The summed E-state index contributed by atoms with van der Waals surface area (Å²) in [5, 5.41) is 1.35. The van der Waals surface area contributed by atoms with E-state index in [0.717, 1.165) is 22.3 Å². The molecule has 4 aromatic rings. The Kier molecular flexibility index (Phi) is 4.43. The van der Waals surface area contributed by atoms with Crippen molar-refractivity contribution in [2.45, 2.75) is 0 Å². The molecule has 0 bridgehead atoms. The van der Waals surface area contributed by atoms with E-state index in [2.05, 4.69) is 0 Å². The molecule has 6 heteroatoms. The lowest BCUT2D eigenvalue weighted by molar-refractivity contribution is 0.482. The molecule has 32 heavy (non-hydrogen) atoms. The highest BCUT2D eigenvalue weighted by molar-refractivity contribution is 7.71. The van der Waals surface area contributed by atoms with E-state index >= 15 is 0 Å². The molecule has 0 radical (unpaired) electrons. The summed E-state index contributed by atoms with van der Waals surface area (Å²) in [5.41, 5.74) is 3.67. The Labute approximate surface area is 186 Å². The highest BCUT2D eigenvalue weighted by Crippen LogP contribution is 2.60. The van der Waals surface area contributed by atoms with Crippen molar-refractivity contribution < 1.29 is 18.2 Å². The summed E-state index contributed by atoms with van der Waals surface area (Å²) >= 11 is 0. The number of hydrogen-bond donors (Lipinski definition) is 0. The van der Waals surface area contributed by atoms with Crippen LogP contribution in [0.3, 0.4) is 0 Å². The highest BCUT2D eigenvalue weighted by atomic mass is 31.2. The molecule has 0 N–H and O–H groups in total. The smallest absolute Gasteiger partial charge is 0.278 e. The normalized spacial score (nSPS) is 22.4. The van der Waals surface area contributed by atoms with Gasteiger partial charge in [0.2, 0.25) is 0 Å². The van der Waals surface area contributed by atoms with E-state index in [-0.39, 0.29) is 12.3 Å². The van der Waals surface area contributed by atoms with Crippen molar-refractivity contribution in [1.29, 1.82) is 0 Å². The van der Waals surface area contributed by atoms with Gasteiger partial charge in [-0.2, -0.15) is 0 Å². The summed E-state index contributed by atoms with van der Waals surface area (Å²) in [6, 6.07) is 30.5. The van der Waals surface area contributed by atoms with E-state index in [1.807, 2.05) is 97.1 Å². The molecule has 0 aliphatic carbocycles. The van der Waals surface area contributed by atoms with Gasteiger partial charge in [-0.05, 0) is 35.4 Å². The fourth-order valence-electron chi connectivity index (χ4n) is 4.55. The zero-order valence-corrected chi connectivity index (χ0v) is 19.0. The molecule has 1 unspecified atom stereocenters. The Morgan fingerprint density at radius 2 is 0.812 bits per heavy atom. The van der Waals surface area contributed by atoms with E-state index in [9.17, 15) is 9.13 Å². The van der Waals surface area contributed by atoms with Crippen LogP contribution in [-0.2, 0) is 9.13 Å². The maximum atomic E-state index is 14.2. The third kappa shape index (κ3) is 2.98. The topological polar surface area (TPSA) is 52.6 Å². The Balaban J connectivity index is 1.40. The molecule has 0 aromatic heterocycles. The second-order valence-electron chi connectivity index (χ2n) is 8.00. The fourth-order valence-corrected chi connectivity index (χ4v) is 10.2. The third-order valence-electron chi connectivity index (χ3n) is 6.08. The molecule has 158 valence electrons. The lowest BCUT2D eigenvalue weighted by atomic mass is 10.0. The first-order chi connectivity index (χ1) is 15.6. The summed E-state index contributed by atoms with van der Waals surface area (Å²) in [4.78, 5) is 0. The van der Waals surface area contributed by atoms with Crippen molar-refractivity contribution in [3.05, 3.63) is 97.1 Å². The van der Waals surface area contributed by atoms with Gasteiger partial charge in [-0.15, -0.1) is 0 Å². The largest absolute Gasteiger partial charge is 0.439 e. The molecule has 0 spiro atoms. The van der Waals surface area contributed by atoms with Gasteiger partial charge in [0.15, 0.2) is 0 Å². The number of hydrogen-bond acceptors (Lipinski definition) is 4. The standard InChI is InChI=1S/C26H20O4P2/c27-31(25-15-7-3-11-21(25)19-9-1-5-13-23(19)29-31)17-18-32(28)26-16-8-4-12-22(26)20-10-2-6-14-24(20)30-32/h1-16H,17-18H2/t31-,32?/m1/s1. The van der Waals surface area contributed by atoms with E-state index in [4.69, 9.17) is 9.05 Å². The quantitative estimate of drug-likeness (QED) is 0.338. The molecular weight excluding hydrogens is 438 g/mol. The maximum Gasteiger partial charge on any atom is 0.278 e. The van der Waals surface area contributed by atoms with E-state index in [1.54, 1.807) is 0 Å². The van der Waals surface area contributed by atoms with Crippen LogP contribution in [0.2, 0.25) is 0 Å².